The fraction of sp³-hybridized carbons (Fsp3) is 0.364. The number of hydrogen-bond donors (Lipinski definition) is 0. The summed E-state index contributed by atoms with van der Waals surface area (Å²) >= 11 is 5.03. The third-order valence-corrected chi connectivity index (χ3v) is 6.23. The molecule has 0 spiro atoms. The lowest BCUT2D eigenvalue weighted by Crippen LogP contribution is -2.37. The molecule has 1 atom stereocenters. The Hall–Kier alpha value is -1.96. The lowest BCUT2D eigenvalue weighted by molar-refractivity contribution is 0.0917. The fourth-order valence-electron chi connectivity index (χ4n) is 3.35. The van der Waals surface area contributed by atoms with Crippen LogP contribution in [0.1, 0.15) is 37.0 Å². The standard InChI is InChI=1S/C22H23BrN2O3S/c1-14(2)28-17-8-5-15(6-9-17)21(26)25(13-18-4-3-11-27-18)22-24-19-10-7-16(23)12-20(19)29-22/h5-10,12,14,18H,3-4,11,13H2,1-2H3. The van der Waals surface area contributed by atoms with Crippen LogP contribution in [-0.2, 0) is 4.74 Å². The van der Waals surface area contributed by atoms with Crippen molar-refractivity contribution < 1.29 is 14.3 Å². The van der Waals surface area contributed by atoms with Crippen LogP contribution >= 0.6 is 27.3 Å². The molecule has 2 aromatic carbocycles. The van der Waals surface area contributed by atoms with Crippen molar-refractivity contribution in [1.29, 1.82) is 0 Å². The number of hydrogen-bond acceptors (Lipinski definition) is 5. The first-order valence-electron chi connectivity index (χ1n) is 9.76. The molecule has 1 aliphatic heterocycles. The number of rotatable bonds is 6. The van der Waals surface area contributed by atoms with Gasteiger partial charge in [-0.15, -0.1) is 0 Å². The molecular formula is C22H23BrN2O3S. The van der Waals surface area contributed by atoms with Gasteiger partial charge in [0.25, 0.3) is 5.91 Å². The highest BCUT2D eigenvalue weighted by atomic mass is 79.9. The van der Waals surface area contributed by atoms with E-state index in [1.807, 2.05) is 56.3 Å². The summed E-state index contributed by atoms with van der Waals surface area (Å²) in [6, 6.07) is 13.3. The first kappa shape index (κ1) is 20.3. The Balaban J connectivity index is 1.64. The molecule has 1 unspecified atom stereocenters. The zero-order valence-corrected chi connectivity index (χ0v) is 18.8. The van der Waals surface area contributed by atoms with Gasteiger partial charge in [0, 0.05) is 16.6 Å². The van der Waals surface area contributed by atoms with Gasteiger partial charge in [-0.05, 0) is 69.2 Å². The van der Waals surface area contributed by atoms with E-state index in [9.17, 15) is 4.79 Å². The average Bonchev–Trinajstić information content (AvgIpc) is 3.34. The van der Waals surface area contributed by atoms with E-state index in [-0.39, 0.29) is 18.1 Å². The summed E-state index contributed by atoms with van der Waals surface area (Å²) < 4.78 is 13.5. The second-order valence-corrected chi connectivity index (χ2v) is 9.28. The number of aromatic nitrogens is 1. The summed E-state index contributed by atoms with van der Waals surface area (Å²) in [5.74, 6) is 0.682. The molecule has 5 nitrogen and oxygen atoms in total. The van der Waals surface area contributed by atoms with E-state index in [2.05, 4.69) is 15.9 Å². The van der Waals surface area contributed by atoms with Crippen LogP contribution in [-0.4, -0.2) is 36.3 Å². The van der Waals surface area contributed by atoms with Gasteiger partial charge < -0.3 is 9.47 Å². The third-order valence-electron chi connectivity index (χ3n) is 4.70. The Morgan fingerprint density at radius 2 is 2.10 bits per heavy atom. The van der Waals surface area contributed by atoms with Crippen molar-refractivity contribution in [3.05, 3.63) is 52.5 Å². The molecule has 29 heavy (non-hydrogen) atoms. The SMILES string of the molecule is CC(C)Oc1ccc(C(=O)N(CC2CCCO2)c2nc3ccc(Br)cc3s2)cc1. The van der Waals surface area contributed by atoms with Crippen LogP contribution in [0.5, 0.6) is 5.75 Å². The summed E-state index contributed by atoms with van der Waals surface area (Å²) in [7, 11) is 0. The van der Waals surface area contributed by atoms with Crippen LogP contribution < -0.4 is 9.64 Å². The molecule has 0 N–H and O–H groups in total. The molecule has 3 aromatic rings. The Labute approximate surface area is 182 Å². The summed E-state index contributed by atoms with van der Waals surface area (Å²) in [5, 5.41) is 0.695. The van der Waals surface area contributed by atoms with E-state index in [1.165, 1.54) is 11.3 Å². The van der Waals surface area contributed by atoms with Crippen LogP contribution in [0, 0.1) is 0 Å². The number of amides is 1. The number of anilines is 1. The van der Waals surface area contributed by atoms with Gasteiger partial charge in [-0.25, -0.2) is 4.98 Å². The van der Waals surface area contributed by atoms with E-state index < -0.39 is 0 Å². The van der Waals surface area contributed by atoms with Crippen molar-refractivity contribution >= 4 is 48.5 Å². The van der Waals surface area contributed by atoms with Crippen molar-refractivity contribution in [2.45, 2.75) is 38.9 Å². The normalized spacial score (nSPS) is 16.5. The predicted octanol–water partition coefficient (Wildman–Crippen LogP) is 5.67. The van der Waals surface area contributed by atoms with Crippen LogP contribution in [0.25, 0.3) is 10.2 Å². The maximum absolute atomic E-state index is 13.4. The van der Waals surface area contributed by atoms with Gasteiger partial charge in [0.15, 0.2) is 5.13 Å². The molecule has 0 aliphatic carbocycles. The van der Waals surface area contributed by atoms with Gasteiger partial charge in [-0.3, -0.25) is 9.69 Å². The fourth-order valence-corrected chi connectivity index (χ4v) is 4.87. The lowest BCUT2D eigenvalue weighted by Gasteiger charge is -2.23. The minimum atomic E-state index is -0.0743. The maximum Gasteiger partial charge on any atom is 0.260 e. The number of carbonyl (C=O) groups is 1. The minimum Gasteiger partial charge on any atom is -0.491 e. The molecule has 1 amide bonds. The van der Waals surface area contributed by atoms with Gasteiger partial charge >= 0.3 is 0 Å². The average molecular weight is 475 g/mol. The Bertz CT molecular complexity index is 997. The molecule has 1 saturated heterocycles. The minimum absolute atomic E-state index is 0.0428. The Morgan fingerprint density at radius 3 is 2.79 bits per heavy atom. The largest absolute Gasteiger partial charge is 0.491 e. The summed E-state index contributed by atoms with van der Waals surface area (Å²) in [4.78, 5) is 19.9. The highest BCUT2D eigenvalue weighted by Crippen LogP contribution is 2.32. The molecule has 4 rings (SSSR count). The quantitative estimate of drug-likeness (QED) is 0.461. The van der Waals surface area contributed by atoms with Gasteiger partial charge in [0.1, 0.15) is 5.75 Å². The van der Waals surface area contributed by atoms with Crippen molar-refractivity contribution in [3.63, 3.8) is 0 Å². The molecule has 1 fully saturated rings. The summed E-state index contributed by atoms with van der Waals surface area (Å²) in [6.45, 7) is 5.21. The third kappa shape index (κ3) is 4.79. The number of halogens is 1. The van der Waals surface area contributed by atoms with Crippen LogP contribution in [0.15, 0.2) is 46.9 Å². The molecule has 152 valence electrons. The number of nitrogens with zero attached hydrogens (tertiary/aromatic N) is 2. The molecule has 0 saturated carbocycles. The smallest absolute Gasteiger partial charge is 0.260 e. The van der Waals surface area contributed by atoms with Crippen molar-refractivity contribution in [2.75, 3.05) is 18.1 Å². The van der Waals surface area contributed by atoms with Gasteiger partial charge in [0.05, 0.1) is 29.0 Å². The molecule has 1 aliphatic rings. The van der Waals surface area contributed by atoms with E-state index in [4.69, 9.17) is 14.5 Å². The number of ether oxygens (including phenoxy) is 2. The number of fused-ring (bicyclic) bond motifs is 1. The van der Waals surface area contributed by atoms with Crippen molar-refractivity contribution in [2.24, 2.45) is 0 Å². The number of thiazole rings is 1. The topological polar surface area (TPSA) is 51.7 Å². The highest BCUT2D eigenvalue weighted by Gasteiger charge is 2.27. The van der Waals surface area contributed by atoms with E-state index in [0.717, 1.165) is 39.9 Å². The Morgan fingerprint density at radius 1 is 1.31 bits per heavy atom. The molecule has 7 heteroatoms. The van der Waals surface area contributed by atoms with E-state index >= 15 is 0 Å². The first-order valence-corrected chi connectivity index (χ1v) is 11.4. The molecule has 0 radical (unpaired) electrons. The Kier molecular flexibility index (Phi) is 6.18. The first-order chi connectivity index (χ1) is 14.0. The van der Waals surface area contributed by atoms with Gasteiger partial charge in [0.2, 0.25) is 0 Å². The number of benzene rings is 2. The van der Waals surface area contributed by atoms with Crippen molar-refractivity contribution in [1.82, 2.24) is 4.98 Å². The molecule has 1 aromatic heterocycles. The van der Waals surface area contributed by atoms with Gasteiger partial charge in [-0.1, -0.05) is 27.3 Å². The van der Waals surface area contributed by atoms with Crippen LogP contribution in [0.2, 0.25) is 0 Å². The lowest BCUT2D eigenvalue weighted by atomic mass is 10.1. The second kappa shape index (κ2) is 8.81. The molecule has 2 heterocycles. The maximum atomic E-state index is 13.4. The zero-order valence-electron chi connectivity index (χ0n) is 16.4. The number of carbonyl (C=O) groups excluding carboxylic acids is 1. The summed E-state index contributed by atoms with van der Waals surface area (Å²) in [5.41, 5.74) is 1.50. The van der Waals surface area contributed by atoms with E-state index in [0.29, 0.717) is 17.2 Å². The van der Waals surface area contributed by atoms with Crippen molar-refractivity contribution in [3.8, 4) is 5.75 Å². The van der Waals surface area contributed by atoms with Crippen LogP contribution in [0.4, 0.5) is 5.13 Å². The summed E-state index contributed by atoms with van der Waals surface area (Å²) in [6.07, 6.45) is 2.12. The zero-order chi connectivity index (χ0) is 20.4. The highest BCUT2D eigenvalue weighted by molar-refractivity contribution is 9.10. The molecular weight excluding hydrogens is 452 g/mol. The predicted molar refractivity (Wildman–Crippen MR) is 120 cm³/mol. The second-order valence-electron chi connectivity index (χ2n) is 7.35. The molecule has 0 bridgehead atoms. The van der Waals surface area contributed by atoms with Gasteiger partial charge in [-0.2, -0.15) is 0 Å². The van der Waals surface area contributed by atoms with Crippen LogP contribution in [0.3, 0.4) is 0 Å². The monoisotopic (exact) mass is 474 g/mol. The van der Waals surface area contributed by atoms with E-state index in [1.54, 1.807) is 4.90 Å².